The maximum atomic E-state index is 13.6. The second kappa shape index (κ2) is 9.60. The van der Waals surface area contributed by atoms with Crippen LogP contribution >= 0.6 is 11.3 Å². The summed E-state index contributed by atoms with van der Waals surface area (Å²) in [4.78, 5) is 35.6. The number of thiazole rings is 1. The number of aromatic nitrogens is 1. The zero-order chi connectivity index (χ0) is 24.6. The Morgan fingerprint density at radius 2 is 1.79 bits per heavy atom. The summed E-state index contributed by atoms with van der Waals surface area (Å²) in [6.07, 6.45) is 0. The van der Waals surface area contributed by atoms with E-state index >= 15 is 0 Å². The topological polar surface area (TPSA) is 83.0 Å². The van der Waals surface area contributed by atoms with E-state index in [-0.39, 0.29) is 16.8 Å². The normalized spacial score (nSPS) is 19.9. The van der Waals surface area contributed by atoms with Gasteiger partial charge in [-0.1, -0.05) is 45.0 Å². The smallest absolute Gasteiger partial charge is 0.290 e. The third-order valence-corrected chi connectivity index (χ3v) is 7.58. The van der Waals surface area contributed by atoms with Gasteiger partial charge in [0.05, 0.1) is 40.4 Å². The van der Waals surface area contributed by atoms with Gasteiger partial charge in [-0.05, 0) is 30.4 Å². The van der Waals surface area contributed by atoms with Gasteiger partial charge in [0.2, 0.25) is 5.78 Å². The average Bonchev–Trinajstić information content (AvgIpc) is 3.27. The predicted octanol–water partition coefficient (Wildman–Crippen LogP) is 3.97. The van der Waals surface area contributed by atoms with Gasteiger partial charge in [-0.3, -0.25) is 14.5 Å². The summed E-state index contributed by atoms with van der Waals surface area (Å²) in [6.45, 7) is 14.1. The first kappa shape index (κ1) is 24.6. The van der Waals surface area contributed by atoms with Crippen molar-refractivity contribution in [3.05, 3.63) is 62.3 Å². The van der Waals surface area contributed by atoms with E-state index in [1.165, 1.54) is 11.3 Å². The van der Waals surface area contributed by atoms with Crippen molar-refractivity contribution < 1.29 is 19.4 Å². The maximum Gasteiger partial charge on any atom is 0.290 e. The summed E-state index contributed by atoms with van der Waals surface area (Å²) in [5, 5.41) is 11.7. The molecule has 7 nitrogen and oxygen atoms in total. The number of hydrogen-bond acceptors (Lipinski definition) is 7. The second-order valence-corrected chi connectivity index (χ2v) is 11.2. The number of amides is 1. The molecule has 1 amide bonds. The first-order valence-electron chi connectivity index (χ1n) is 11.7. The van der Waals surface area contributed by atoms with Crippen LogP contribution < -0.4 is 0 Å². The minimum atomic E-state index is -0.642. The Kier molecular flexibility index (Phi) is 6.94. The molecule has 0 aliphatic carbocycles. The average molecular weight is 484 g/mol. The molecule has 0 saturated carbocycles. The first-order chi connectivity index (χ1) is 16.1. The standard InChI is InChI=1S/C26H33N3O4S/c1-16-24(34-17(2)27-16)22(30)20-21(18-6-8-19(9-7-18)26(3,4)5)29(25(32)23(20)31)11-10-28-12-14-33-15-13-28/h6-9,21,31H,10-15H2,1-5H3/t21-/m1/s1. The Labute approximate surface area is 205 Å². The fourth-order valence-corrected chi connectivity index (χ4v) is 5.44. The highest BCUT2D eigenvalue weighted by atomic mass is 32.1. The highest BCUT2D eigenvalue weighted by Crippen LogP contribution is 2.40. The molecular weight excluding hydrogens is 450 g/mol. The van der Waals surface area contributed by atoms with Crippen LogP contribution in [0.4, 0.5) is 0 Å². The van der Waals surface area contributed by atoms with Gasteiger partial charge < -0.3 is 14.7 Å². The maximum absolute atomic E-state index is 13.6. The monoisotopic (exact) mass is 483 g/mol. The molecule has 1 atom stereocenters. The number of ketones is 1. The second-order valence-electron chi connectivity index (χ2n) is 9.97. The Hall–Kier alpha value is -2.55. The lowest BCUT2D eigenvalue weighted by atomic mass is 9.85. The molecule has 0 spiro atoms. The van der Waals surface area contributed by atoms with E-state index in [0.717, 1.165) is 29.2 Å². The highest BCUT2D eigenvalue weighted by Gasteiger charge is 2.44. The molecule has 0 bridgehead atoms. The van der Waals surface area contributed by atoms with E-state index in [4.69, 9.17) is 4.74 Å². The van der Waals surface area contributed by atoms with Crippen molar-refractivity contribution in [2.24, 2.45) is 0 Å². The van der Waals surface area contributed by atoms with E-state index in [0.29, 0.717) is 36.9 Å². The van der Waals surface area contributed by atoms with Gasteiger partial charge in [0, 0.05) is 26.2 Å². The van der Waals surface area contributed by atoms with E-state index in [1.54, 1.807) is 11.8 Å². The number of hydrogen-bond donors (Lipinski definition) is 1. The molecular formula is C26H33N3O4S. The van der Waals surface area contributed by atoms with Gasteiger partial charge in [0.1, 0.15) is 0 Å². The van der Waals surface area contributed by atoms with Crippen molar-refractivity contribution in [2.75, 3.05) is 39.4 Å². The first-order valence-corrected chi connectivity index (χ1v) is 12.5. The summed E-state index contributed by atoms with van der Waals surface area (Å²) in [6, 6.07) is 7.38. The number of morpholine rings is 1. The SMILES string of the molecule is Cc1nc(C)c(C(=O)C2=C(O)C(=O)N(CCN3CCOCC3)[C@@H]2c2ccc(C(C)(C)C)cc2)s1. The summed E-state index contributed by atoms with van der Waals surface area (Å²) < 4.78 is 5.43. The largest absolute Gasteiger partial charge is 0.503 e. The van der Waals surface area contributed by atoms with E-state index < -0.39 is 17.7 Å². The molecule has 2 aliphatic rings. The zero-order valence-electron chi connectivity index (χ0n) is 20.6. The lowest BCUT2D eigenvalue weighted by Crippen LogP contribution is -2.43. The number of ether oxygens (including phenoxy) is 1. The fraction of sp³-hybridized carbons (Fsp3) is 0.500. The Balaban J connectivity index is 1.71. The number of carbonyl (C=O) groups is 2. The number of aryl methyl sites for hydroxylation is 2. The molecule has 1 aromatic carbocycles. The van der Waals surface area contributed by atoms with Crippen molar-refractivity contribution in [2.45, 2.75) is 46.1 Å². The van der Waals surface area contributed by atoms with Crippen molar-refractivity contribution in [1.82, 2.24) is 14.8 Å². The number of benzene rings is 1. The fourth-order valence-electron chi connectivity index (χ4n) is 4.57. The molecule has 2 aromatic rings. The summed E-state index contributed by atoms with van der Waals surface area (Å²) in [5.74, 6) is -1.28. The van der Waals surface area contributed by atoms with Crippen LogP contribution in [0.15, 0.2) is 35.6 Å². The van der Waals surface area contributed by atoms with Crippen LogP contribution in [0, 0.1) is 13.8 Å². The number of nitrogens with zero attached hydrogens (tertiary/aromatic N) is 3. The molecule has 0 unspecified atom stereocenters. The van der Waals surface area contributed by atoms with Gasteiger partial charge in [-0.15, -0.1) is 11.3 Å². The molecule has 3 heterocycles. The lowest BCUT2D eigenvalue weighted by Gasteiger charge is -2.32. The third-order valence-electron chi connectivity index (χ3n) is 6.51. The van der Waals surface area contributed by atoms with Gasteiger partial charge in [0.25, 0.3) is 5.91 Å². The predicted molar refractivity (Wildman–Crippen MR) is 132 cm³/mol. The van der Waals surface area contributed by atoms with Crippen molar-refractivity contribution in [1.29, 1.82) is 0 Å². The van der Waals surface area contributed by atoms with Crippen LogP contribution in [0.2, 0.25) is 0 Å². The van der Waals surface area contributed by atoms with Crippen LogP contribution in [0.3, 0.4) is 0 Å². The van der Waals surface area contributed by atoms with Crippen LogP contribution in [-0.2, 0) is 14.9 Å². The minimum Gasteiger partial charge on any atom is -0.503 e. The highest BCUT2D eigenvalue weighted by molar-refractivity contribution is 7.14. The Bertz CT molecular complexity index is 1110. The van der Waals surface area contributed by atoms with Crippen molar-refractivity contribution in [3.63, 3.8) is 0 Å². The van der Waals surface area contributed by atoms with E-state index in [2.05, 4.69) is 30.7 Å². The molecule has 1 aromatic heterocycles. The van der Waals surface area contributed by atoms with E-state index in [9.17, 15) is 14.7 Å². The molecule has 0 radical (unpaired) electrons. The minimum absolute atomic E-state index is 0.0199. The van der Waals surface area contributed by atoms with Crippen molar-refractivity contribution in [3.8, 4) is 0 Å². The molecule has 1 saturated heterocycles. The summed E-state index contributed by atoms with van der Waals surface area (Å²) in [5.41, 5.74) is 2.72. The van der Waals surface area contributed by atoms with Crippen molar-refractivity contribution >= 4 is 23.0 Å². The molecule has 34 heavy (non-hydrogen) atoms. The number of aliphatic hydroxyl groups is 1. The van der Waals surface area contributed by atoms with E-state index in [1.807, 2.05) is 31.2 Å². The van der Waals surface area contributed by atoms with Crippen LogP contribution in [-0.4, -0.2) is 71.0 Å². The molecule has 2 aliphatic heterocycles. The quantitative estimate of drug-likeness (QED) is 0.626. The van der Waals surface area contributed by atoms with Gasteiger partial charge in [0.15, 0.2) is 5.76 Å². The number of aliphatic hydroxyl groups excluding tert-OH is 1. The molecule has 8 heteroatoms. The van der Waals surface area contributed by atoms with Crippen LogP contribution in [0.1, 0.15) is 58.3 Å². The van der Waals surface area contributed by atoms with Gasteiger partial charge in [-0.25, -0.2) is 4.98 Å². The molecule has 4 rings (SSSR count). The summed E-state index contributed by atoms with van der Waals surface area (Å²) >= 11 is 1.30. The zero-order valence-corrected chi connectivity index (χ0v) is 21.4. The lowest BCUT2D eigenvalue weighted by molar-refractivity contribution is -0.129. The number of rotatable bonds is 6. The number of Topliss-reactive ketones (excluding diaryl/α,β-unsaturated/α-hetero) is 1. The summed E-state index contributed by atoms with van der Waals surface area (Å²) in [7, 11) is 0. The number of carbonyl (C=O) groups excluding carboxylic acids is 2. The molecule has 1 fully saturated rings. The Morgan fingerprint density at radius 3 is 2.35 bits per heavy atom. The molecule has 182 valence electrons. The van der Waals surface area contributed by atoms with Gasteiger partial charge >= 0.3 is 0 Å². The van der Waals surface area contributed by atoms with Crippen LogP contribution in [0.5, 0.6) is 0 Å². The van der Waals surface area contributed by atoms with Crippen LogP contribution in [0.25, 0.3) is 0 Å². The van der Waals surface area contributed by atoms with Gasteiger partial charge in [-0.2, -0.15) is 0 Å². The third kappa shape index (κ3) is 4.80. The Morgan fingerprint density at radius 1 is 1.15 bits per heavy atom. The molecule has 1 N–H and O–H groups in total.